The minimum Gasteiger partial charge on any atom is -0.399 e. The maximum atomic E-state index is 11.6. The molecule has 0 saturated carbocycles. The van der Waals surface area contributed by atoms with Crippen LogP contribution < -0.4 is 11.0 Å². The molecule has 1 aromatic rings. The summed E-state index contributed by atoms with van der Waals surface area (Å²) >= 11 is 5.71. The number of rotatable bonds is 3. The van der Waals surface area contributed by atoms with Crippen molar-refractivity contribution in [1.82, 2.24) is 0 Å². The van der Waals surface area contributed by atoms with Gasteiger partial charge < -0.3 is 10.3 Å². The van der Waals surface area contributed by atoms with Crippen LogP contribution in [-0.2, 0) is 9.09 Å². The van der Waals surface area contributed by atoms with E-state index in [1.165, 1.54) is 0 Å². The lowest BCUT2D eigenvalue weighted by atomic mass is 10.3. The number of nitrogen functional groups attached to an aromatic ring is 1. The van der Waals surface area contributed by atoms with E-state index in [1.54, 1.807) is 31.2 Å². The first-order chi connectivity index (χ1) is 6.06. The molecule has 0 heterocycles. The van der Waals surface area contributed by atoms with Crippen LogP contribution in [0.4, 0.5) is 5.69 Å². The van der Waals surface area contributed by atoms with Crippen molar-refractivity contribution in [3.63, 3.8) is 0 Å². The highest BCUT2D eigenvalue weighted by molar-refractivity contribution is 7.91. The summed E-state index contributed by atoms with van der Waals surface area (Å²) in [6.07, 6.45) is 0. The topological polar surface area (TPSA) is 52.3 Å². The van der Waals surface area contributed by atoms with Gasteiger partial charge in [0, 0.05) is 5.69 Å². The van der Waals surface area contributed by atoms with E-state index < -0.39 is 6.72 Å². The molecule has 72 valence electrons. The Labute approximate surface area is 82.1 Å². The highest BCUT2D eigenvalue weighted by atomic mass is 35.7. The van der Waals surface area contributed by atoms with Gasteiger partial charge in [0.1, 0.15) is 0 Å². The zero-order valence-corrected chi connectivity index (χ0v) is 8.89. The molecule has 1 aromatic carbocycles. The number of hydrogen-bond acceptors (Lipinski definition) is 3. The molecule has 3 nitrogen and oxygen atoms in total. The Morgan fingerprint density at radius 3 is 2.46 bits per heavy atom. The van der Waals surface area contributed by atoms with Crippen molar-refractivity contribution < 1.29 is 9.09 Å². The summed E-state index contributed by atoms with van der Waals surface area (Å²) in [6, 6.07) is 6.50. The van der Waals surface area contributed by atoms with E-state index in [-0.39, 0.29) is 0 Å². The minimum absolute atomic E-state index is 0.325. The second-order valence-electron chi connectivity index (χ2n) is 2.49. The van der Waals surface area contributed by atoms with Gasteiger partial charge in [-0.15, -0.1) is 0 Å². The van der Waals surface area contributed by atoms with Crippen molar-refractivity contribution >= 4 is 29.0 Å². The van der Waals surface area contributed by atoms with Crippen LogP contribution >= 0.6 is 18.0 Å². The van der Waals surface area contributed by atoms with Gasteiger partial charge in [-0.05, 0) is 42.4 Å². The number of nitrogens with two attached hydrogens (primary N) is 1. The molecule has 1 rings (SSSR count). The van der Waals surface area contributed by atoms with Gasteiger partial charge in [-0.1, -0.05) is 0 Å². The zero-order chi connectivity index (χ0) is 9.90. The van der Waals surface area contributed by atoms with Gasteiger partial charge in [0.05, 0.1) is 11.9 Å². The van der Waals surface area contributed by atoms with Crippen molar-refractivity contribution in [3.8, 4) is 0 Å². The molecular formula is C8H11ClNO2P. The van der Waals surface area contributed by atoms with E-state index in [2.05, 4.69) is 0 Å². The third-order valence-corrected chi connectivity index (χ3v) is 3.88. The van der Waals surface area contributed by atoms with E-state index in [0.717, 1.165) is 0 Å². The molecule has 0 amide bonds. The van der Waals surface area contributed by atoms with Gasteiger partial charge in [-0.2, -0.15) is 0 Å². The number of hydrogen-bond donors (Lipinski definition) is 1. The number of anilines is 1. The van der Waals surface area contributed by atoms with Gasteiger partial charge in [0.15, 0.2) is 0 Å². The van der Waals surface area contributed by atoms with Gasteiger partial charge in [0.25, 0.3) is 0 Å². The van der Waals surface area contributed by atoms with Crippen molar-refractivity contribution in [1.29, 1.82) is 0 Å². The average Bonchev–Trinajstić information content (AvgIpc) is 2.05. The molecule has 0 aliphatic carbocycles. The molecule has 0 aliphatic rings. The fourth-order valence-electron chi connectivity index (χ4n) is 0.893. The Kier molecular flexibility index (Phi) is 3.37. The molecule has 1 unspecified atom stereocenters. The summed E-state index contributed by atoms with van der Waals surface area (Å²) in [6.45, 7) is -1.08. The van der Waals surface area contributed by atoms with E-state index in [1.807, 2.05) is 0 Å². The van der Waals surface area contributed by atoms with Crippen LogP contribution in [0.25, 0.3) is 0 Å². The van der Waals surface area contributed by atoms with Crippen LogP contribution in [0.1, 0.15) is 6.92 Å². The first kappa shape index (κ1) is 10.6. The fraction of sp³-hybridized carbons (Fsp3) is 0.250. The molecule has 0 spiro atoms. The normalized spacial score (nSPS) is 15.2. The van der Waals surface area contributed by atoms with Crippen LogP contribution in [0.2, 0.25) is 0 Å². The van der Waals surface area contributed by atoms with Gasteiger partial charge in [-0.25, -0.2) is 0 Å². The van der Waals surface area contributed by atoms with E-state index in [9.17, 15) is 4.57 Å². The highest BCUT2D eigenvalue weighted by Gasteiger charge is 2.21. The second-order valence-corrected chi connectivity index (χ2v) is 5.56. The molecule has 0 bridgehead atoms. The number of benzene rings is 1. The smallest absolute Gasteiger partial charge is 0.319 e. The largest absolute Gasteiger partial charge is 0.399 e. The zero-order valence-electron chi connectivity index (χ0n) is 7.24. The quantitative estimate of drug-likeness (QED) is 0.627. The third kappa shape index (κ3) is 2.73. The average molecular weight is 220 g/mol. The summed E-state index contributed by atoms with van der Waals surface area (Å²) in [4.78, 5) is 0. The predicted octanol–water partition coefficient (Wildman–Crippen LogP) is 2.36. The fourth-order valence-corrected chi connectivity index (χ4v) is 2.51. The highest BCUT2D eigenvalue weighted by Crippen LogP contribution is 2.50. The van der Waals surface area contributed by atoms with Crippen LogP contribution in [0.5, 0.6) is 0 Å². The molecule has 0 fully saturated rings. The summed E-state index contributed by atoms with van der Waals surface area (Å²) in [5.41, 5.74) is 6.08. The predicted molar refractivity (Wildman–Crippen MR) is 55.6 cm³/mol. The van der Waals surface area contributed by atoms with E-state index in [0.29, 0.717) is 17.6 Å². The lowest BCUT2D eigenvalue weighted by molar-refractivity contribution is 0.352. The molecular weight excluding hydrogens is 209 g/mol. The molecule has 1 atom stereocenters. The van der Waals surface area contributed by atoms with Crippen LogP contribution in [0.3, 0.4) is 0 Å². The van der Waals surface area contributed by atoms with Gasteiger partial charge in [-0.3, -0.25) is 4.57 Å². The first-order valence-electron chi connectivity index (χ1n) is 3.86. The molecule has 0 radical (unpaired) electrons. The monoisotopic (exact) mass is 219 g/mol. The van der Waals surface area contributed by atoms with Gasteiger partial charge in [0.2, 0.25) is 0 Å². The summed E-state index contributed by atoms with van der Waals surface area (Å²) < 4.78 is 16.6. The Bertz CT molecular complexity index is 325. The molecule has 0 aliphatic heterocycles. The van der Waals surface area contributed by atoms with Crippen LogP contribution in [-0.4, -0.2) is 6.61 Å². The SMILES string of the molecule is CCOP(=O)(Cl)c1ccc(N)cc1. The Hall–Kier alpha value is -0.500. The second kappa shape index (κ2) is 4.14. The standard InChI is InChI=1S/C8H11ClNO2P/c1-2-12-13(9,11)8-5-3-7(10)4-6-8/h3-6H,2,10H2,1H3. The summed E-state index contributed by atoms with van der Waals surface area (Å²) in [5.74, 6) is 0. The van der Waals surface area contributed by atoms with Crippen LogP contribution in [0.15, 0.2) is 24.3 Å². The lowest BCUT2D eigenvalue weighted by Gasteiger charge is -2.09. The van der Waals surface area contributed by atoms with Crippen molar-refractivity contribution in [2.75, 3.05) is 12.3 Å². The Morgan fingerprint density at radius 1 is 1.46 bits per heavy atom. The Balaban J connectivity index is 2.94. The lowest BCUT2D eigenvalue weighted by Crippen LogP contribution is -2.03. The maximum Gasteiger partial charge on any atom is 0.319 e. The van der Waals surface area contributed by atoms with E-state index >= 15 is 0 Å². The van der Waals surface area contributed by atoms with Crippen molar-refractivity contribution in [2.45, 2.75) is 6.92 Å². The van der Waals surface area contributed by atoms with Crippen molar-refractivity contribution in [2.24, 2.45) is 0 Å². The molecule has 13 heavy (non-hydrogen) atoms. The number of halogens is 1. The molecule has 0 aromatic heterocycles. The molecule has 0 saturated heterocycles. The summed E-state index contributed by atoms with van der Waals surface area (Å²) in [7, 11) is 0. The summed E-state index contributed by atoms with van der Waals surface area (Å²) in [5, 5.41) is 0.477. The molecule has 2 N–H and O–H groups in total. The third-order valence-electron chi connectivity index (χ3n) is 1.50. The first-order valence-corrected chi connectivity index (χ1v) is 6.39. The minimum atomic E-state index is -3.15. The maximum absolute atomic E-state index is 11.6. The van der Waals surface area contributed by atoms with Crippen LogP contribution in [0, 0.1) is 0 Å². The van der Waals surface area contributed by atoms with Crippen molar-refractivity contribution in [3.05, 3.63) is 24.3 Å². The Morgan fingerprint density at radius 2 is 2.00 bits per heavy atom. The molecule has 5 heteroatoms. The van der Waals surface area contributed by atoms with Gasteiger partial charge >= 0.3 is 6.72 Å². The van der Waals surface area contributed by atoms with E-state index in [4.69, 9.17) is 21.5 Å².